The molecule has 0 radical (unpaired) electrons. The average Bonchev–Trinajstić information content (AvgIpc) is 2.68. The number of ether oxygens (including phenoxy) is 2. The number of rotatable bonds is 6. The standard InChI is InChI=1S/C20H23N3O4/c1-13(2)15-7-5-14(6-8-15)12-21-23-20(25)19(24)22-16-9-10-17(26-3)18(11-16)27-4/h5-13H,1-4H3,(H,22,24)(H,23,25)/b21-12-. The zero-order chi connectivity index (χ0) is 19.8. The fourth-order valence-corrected chi connectivity index (χ4v) is 2.29. The van der Waals surface area contributed by atoms with Crippen LogP contribution >= 0.6 is 0 Å². The van der Waals surface area contributed by atoms with Crippen LogP contribution in [-0.4, -0.2) is 32.2 Å². The van der Waals surface area contributed by atoms with Gasteiger partial charge in [-0.2, -0.15) is 5.10 Å². The molecule has 2 aromatic rings. The number of hydrogen-bond acceptors (Lipinski definition) is 5. The second-order valence-electron chi connectivity index (χ2n) is 6.04. The highest BCUT2D eigenvalue weighted by Crippen LogP contribution is 2.29. The lowest BCUT2D eigenvalue weighted by Gasteiger charge is -2.10. The Labute approximate surface area is 158 Å². The van der Waals surface area contributed by atoms with Crippen molar-refractivity contribution < 1.29 is 19.1 Å². The Balaban J connectivity index is 1.92. The Morgan fingerprint density at radius 1 is 0.963 bits per heavy atom. The molecule has 0 aliphatic heterocycles. The summed E-state index contributed by atoms with van der Waals surface area (Å²) in [5.74, 6) is -0.308. The molecular weight excluding hydrogens is 346 g/mol. The highest BCUT2D eigenvalue weighted by atomic mass is 16.5. The van der Waals surface area contributed by atoms with Crippen LogP contribution in [0.3, 0.4) is 0 Å². The van der Waals surface area contributed by atoms with Gasteiger partial charge < -0.3 is 14.8 Å². The highest BCUT2D eigenvalue weighted by molar-refractivity contribution is 6.39. The third-order valence-corrected chi connectivity index (χ3v) is 3.83. The van der Waals surface area contributed by atoms with Crippen LogP contribution in [0.1, 0.15) is 30.9 Å². The van der Waals surface area contributed by atoms with E-state index >= 15 is 0 Å². The fourth-order valence-electron chi connectivity index (χ4n) is 2.29. The molecule has 7 nitrogen and oxygen atoms in total. The number of carbonyl (C=O) groups excluding carboxylic acids is 2. The minimum Gasteiger partial charge on any atom is -0.493 e. The zero-order valence-corrected chi connectivity index (χ0v) is 15.8. The molecule has 0 spiro atoms. The number of amides is 2. The predicted octanol–water partition coefficient (Wildman–Crippen LogP) is 2.92. The molecule has 0 atom stereocenters. The number of benzene rings is 2. The first kappa shape index (κ1) is 20.0. The van der Waals surface area contributed by atoms with Gasteiger partial charge in [0.2, 0.25) is 0 Å². The van der Waals surface area contributed by atoms with E-state index in [1.165, 1.54) is 26.0 Å². The molecule has 142 valence electrons. The first-order valence-corrected chi connectivity index (χ1v) is 8.41. The van der Waals surface area contributed by atoms with Crippen molar-refractivity contribution in [2.45, 2.75) is 19.8 Å². The van der Waals surface area contributed by atoms with Gasteiger partial charge in [-0.05, 0) is 29.2 Å². The van der Waals surface area contributed by atoms with Gasteiger partial charge in [0, 0.05) is 11.8 Å². The molecule has 0 unspecified atom stereocenters. The second kappa shape index (κ2) is 9.38. The molecule has 7 heteroatoms. The van der Waals surface area contributed by atoms with Crippen LogP contribution in [0.25, 0.3) is 0 Å². The highest BCUT2D eigenvalue weighted by Gasteiger charge is 2.14. The molecule has 0 saturated carbocycles. The van der Waals surface area contributed by atoms with Crippen molar-refractivity contribution in [3.05, 3.63) is 53.6 Å². The molecular formula is C20H23N3O4. The second-order valence-corrected chi connectivity index (χ2v) is 6.04. The lowest BCUT2D eigenvalue weighted by molar-refractivity contribution is -0.136. The third-order valence-electron chi connectivity index (χ3n) is 3.83. The van der Waals surface area contributed by atoms with E-state index in [2.05, 4.69) is 29.7 Å². The van der Waals surface area contributed by atoms with E-state index in [1.54, 1.807) is 18.2 Å². The van der Waals surface area contributed by atoms with Gasteiger partial charge in [-0.1, -0.05) is 38.1 Å². The Hall–Kier alpha value is -3.35. The fraction of sp³-hybridized carbons (Fsp3) is 0.250. The number of hydrogen-bond donors (Lipinski definition) is 2. The molecule has 27 heavy (non-hydrogen) atoms. The quantitative estimate of drug-likeness (QED) is 0.465. The van der Waals surface area contributed by atoms with Crippen molar-refractivity contribution in [2.24, 2.45) is 5.10 Å². The van der Waals surface area contributed by atoms with Gasteiger partial charge in [-0.15, -0.1) is 0 Å². The Morgan fingerprint density at radius 3 is 2.22 bits per heavy atom. The first-order chi connectivity index (χ1) is 12.9. The summed E-state index contributed by atoms with van der Waals surface area (Å²) >= 11 is 0. The number of nitrogens with zero attached hydrogens (tertiary/aromatic N) is 1. The van der Waals surface area contributed by atoms with Crippen molar-refractivity contribution in [2.75, 3.05) is 19.5 Å². The molecule has 2 N–H and O–H groups in total. The van der Waals surface area contributed by atoms with E-state index in [0.717, 1.165) is 5.56 Å². The van der Waals surface area contributed by atoms with Crippen LogP contribution in [0.5, 0.6) is 11.5 Å². The van der Waals surface area contributed by atoms with Crippen molar-refractivity contribution in [3.63, 3.8) is 0 Å². The van der Waals surface area contributed by atoms with Crippen LogP contribution in [0.15, 0.2) is 47.6 Å². The molecule has 0 bridgehead atoms. The Morgan fingerprint density at radius 2 is 1.63 bits per heavy atom. The lowest BCUT2D eigenvalue weighted by Crippen LogP contribution is -2.32. The maximum atomic E-state index is 12.0. The number of methoxy groups -OCH3 is 2. The van der Waals surface area contributed by atoms with Crippen LogP contribution in [0.2, 0.25) is 0 Å². The maximum Gasteiger partial charge on any atom is 0.329 e. The van der Waals surface area contributed by atoms with E-state index in [0.29, 0.717) is 23.1 Å². The normalized spacial score (nSPS) is 10.7. The Bertz CT molecular complexity index is 830. The maximum absolute atomic E-state index is 12.0. The first-order valence-electron chi connectivity index (χ1n) is 8.41. The summed E-state index contributed by atoms with van der Waals surface area (Å²) in [6.07, 6.45) is 1.48. The van der Waals surface area contributed by atoms with Crippen molar-refractivity contribution >= 4 is 23.7 Å². The summed E-state index contributed by atoms with van der Waals surface area (Å²) in [7, 11) is 3.00. The number of carbonyl (C=O) groups is 2. The molecule has 0 saturated heterocycles. The van der Waals surface area contributed by atoms with Gasteiger partial charge in [0.15, 0.2) is 11.5 Å². The molecule has 0 heterocycles. The molecule has 2 aromatic carbocycles. The van der Waals surface area contributed by atoms with E-state index in [9.17, 15) is 9.59 Å². The molecule has 2 rings (SSSR count). The molecule has 0 aromatic heterocycles. The number of nitrogens with one attached hydrogen (secondary N) is 2. The lowest BCUT2D eigenvalue weighted by atomic mass is 10.0. The summed E-state index contributed by atoms with van der Waals surface area (Å²) < 4.78 is 10.3. The minimum absolute atomic E-state index is 0.404. The summed E-state index contributed by atoms with van der Waals surface area (Å²) in [5, 5.41) is 6.29. The Kier molecular flexibility index (Phi) is 6.93. The zero-order valence-electron chi connectivity index (χ0n) is 15.8. The summed E-state index contributed by atoms with van der Waals surface area (Å²) in [4.78, 5) is 23.8. The van der Waals surface area contributed by atoms with Gasteiger partial charge in [0.25, 0.3) is 0 Å². The van der Waals surface area contributed by atoms with Gasteiger partial charge in [-0.25, -0.2) is 5.43 Å². The van der Waals surface area contributed by atoms with Gasteiger partial charge >= 0.3 is 11.8 Å². The monoisotopic (exact) mass is 369 g/mol. The van der Waals surface area contributed by atoms with E-state index < -0.39 is 11.8 Å². The summed E-state index contributed by atoms with van der Waals surface area (Å²) in [6, 6.07) is 12.6. The van der Waals surface area contributed by atoms with Crippen molar-refractivity contribution in [3.8, 4) is 11.5 Å². The van der Waals surface area contributed by atoms with E-state index in [4.69, 9.17) is 9.47 Å². The van der Waals surface area contributed by atoms with Crippen LogP contribution in [0, 0.1) is 0 Å². The SMILES string of the molecule is COc1ccc(NC(=O)C(=O)N/N=C\c2ccc(C(C)C)cc2)cc1OC. The molecule has 0 aliphatic rings. The van der Waals surface area contributed by atoms with E-state index in [1.807, 2.05) is 24.3 Å². The van der Waals surface area contributed by atoms with Crippen LogP contribution < -0.4 is 20.2 Å². The van der Waals surface area contributed by atoms with Gasteiger partial charge in [0.05, 0.1) is 20.4 Å². The van der Waals surface area contributed by atoms with Crippen LogP contribution in [-0.2, 0) is 9.59 Å². The largest absolute Gasteiger partial charge is 0.493 e. The van der Waals surface area contributed by atoms with Crippen LogP contribution in [0.4, 0.5) is 5.69 Å². The summed E-state index contributed by atoms with van der Waals surface area (Å²) in [6.45, 7) is 4.22. The van der Waals surface area contributed by atoms with Gasteiger partial charge in [-0.3, -0.25) is 9.59 Å². The molecule has 0 aliphatic carbocycles. The predicted molar refractivity (Wildman–Crippen MR) is 104 cm³/mol. The van der Waals surface area contributed by atoms with Crippen molar-refractivity contribution in [1.82, 2.24) is 5.43 Å². The third kappa shape index (κ3) is 5.57. The topological polar surface area (TPSA) is 89.0 Å². The smallest absolute Gasteiger partial charge is 0.329 e. The van der Waals surface area contributed by atoms with Gasteiger partial charge in [0.1, 0.15) is 0 Å². The summed E-state index contributed by atoms with van der Waals surface area (Å²) in [5.41, 5.74) is 4.64. The number of anilines is 1. The minimum atomic E-state index is -0.875. The molecule has 0 fully saturated rings. The molecule has 2 amide bonds. The van der Waals surface area contributed by atoms with Crippen molar-refractivity contribution in [1.29, 1.82) is 0 Å². The average molecular weight is 369 g/mol. The number of hydrazone groups is 1. The van der Waals surface area contributed by atoms with E-state index in [-0.39, 0.29) is 0 Å².